The smallest absolute Gasteiger partial charge is 0.264 e. The number of rotatable bonds is 3. The molecule has 1 aromatic rings. The minimum Gasteiger partial charge on any atom is -0.271 e. The van der Waals surface area contributed by atoms with Crippen molar-refractivity contribution in [2.24, 2.45) is 5.29 Å². The largest absolute Gasteiger partial charge is 0.271 e. The number of alkyl halides is 1. The molecule has 0 saturated heterocycles. The zero-order chi connectivity index (χ0) is 9.68. The SMILES string of the molecule is O=NN(C(=O)CCl)c1ccccc1. The van der Waals surface area contributed by atoms with Gasteiger partial charge in [-0.05, 0) is 12.1 Å². The summed E-state index contributed by atoms with van der Waals surface area (Å²) in [5, 5.41) is 3.31. The summed E-state index contributed by atoms with van der Waals surface area (Å²) in [4.78, 5) is 21.3. The molecule has 0 N–H and O–H groups in total. The maximum atomic E-state index is 11.0. The number of hydrogen-bond acceptors (Lipinski definition) is 3. The number of halogens is 1. The Morgan fingerprint density at radius 3 is 2.46 bits per heavy atom. The zero-order valence-corrected chi connectivity index (χ0v) is 7.44. The molecule has 0 aromatic heterocycles. The Balaban J connectivity index is 2.91. The Morgan fingerprint density at radius 1 is 1.38 bits per heavy atom. The van der Waals surface area contributed by atoms with Crippen LogP contribution in [0.1, 0.15) is 0 Å². The monoisotopic (exact) mass is 198 g/mol. The summed E-state index contributed by atoms with van der Waals surface area (Å²) in [6.07, 6.45) is 0. The summed E-state index contributed by atoms with van der Waals surface area (Å²) in [7, 11) is 0. The molecule has 1 rings (SSSR count). The van der Waals surface area contributed by atoms with Crippen LogP contribution in [0.25, 0.3) is 0 Å². The lowest BCUT2D eigenvalue weighted by Crippen LogP contribution is -2.25. The summed E-state index contributed by atoms with van der Waals surface area (Å²) in [5.41, 5.74) is 0.420. The van der Waals surface area contributed by atoms with E-state index in [1.165, 1.54) is 0 Å². The van der Waals surface area contributed by atoms with E-state index in [2.05, 4.69) is 5.29 Å². The molecule has 0 fully saturated rings. The van der Waals surface area contributed by atoms with Crippen molar-refractivity contribution in [3.05, 3.63) is 35.2 Å². The molecule has 0 radical (unpaired) electrons. The molecule has 0 heterocycles. The highest BCUT2D eigenvalue weighted by Gasteiger charge is 2.14. The number of amides is 1. The molecule has 0 saturated carbocycles. The second-order valence-corrected chi connectivity index (χ2v) is 2.52. The first-order chi connectivity index (χ1) is 6.29. The van der Waals surface area contributed by atoms with Gasteiger partial charge in [0.05, 0.1) is 11.0 Å². The maximum absolute atomic E-state index is 11.0. The van der Waals surface area contributed by atoms with Gasteiger partial charge in [-0.25, -0.2) is 0 Å². The summed E-state index contributed by atoms with van der Waals surface area (Å²) >= 11 is 5.29. The standard InChI is InChI=1S/C8H7ClN2O2/c9-6-8(12)11(10-13)7-4-2-1-3-5-7/h1-5H,6H2. The average Bonchev–Trinajstić information content (AvgIpc) is 2.20. The molecule has 13 heavy (non-hydrogen) atoms. The van der Waals surface area contributed by atoms with Crippen molar-refractivity contribution in [1.29, 1.82) is 0 Å². The number of hydrogen-bond donors (Lipinski definition) is 0. The van der Waals surface area contributed by atoms with Crippen LogP contribution in [0.5, 0.6) is 0 Å². The minimum absolute atomic E-state index is 0.263. The van der Waals surface area contributed by atoms with Crippen LogP contribution in [-0.4, -0.2) is 11.8 Å². The molecule has 0 aliphatic heterocycles. The second-order valence-electron chi connectivity index (χ2n) is 2.26. The molecule has 0 atom stereocenters. The van der Waals surface area contributed by atoms with E-state index in [1.807, 2.05) is 0 Å². The first-order valence-electron chi connectivity index (χ1n) is 3.57. The second kappa shape index (κ2) is 4.57. The van der Waals surface area contributed by atoms with Crippen molar-refractivity contribution in [3.8, 4) is 0 Å². The van der Waals surface area contributed by atoms with Crippen molar-refractivity contribution in [3.63, 3.8) is 0 Å². The van der Waals surface area contributed by atoms with Crippen LogP contribution >= 0.6 is 11.6 Å². The summed E-state index contributed by atoms with van der Waals surface area (Å²) in [5.74, 6) is -0.802. The minimum atomic E-state index is -0.539. The Labute approximate surface area is 80.1 Å². The molecule has 5 heteroatoms. The van der Waals surface area contributed by atoms with Gasteiger partial charge in [0.1, 0.15) is 5.88 Å². The van der Waals surface area contributed by atoms with E-state index >= 15 is 0 Å². The van der Waals surface area contributed by atoms with Gasteiger partial charge in [-0.2, -0.15) is 5.01 Å². The van der Waals surface area contributed by atoms with E-state index in [0.717, 1.165) is 5.01 Å². The average molecular weight is 199 g/mol. The third kappa shape index (κ3) is 2.26. The van der Waals surface area contributed by atoms with Crippen LogP contribution in [0.4, 0.5) is 5.69 Å². The number of nitrogens with zero attached hydrogens (tertiary/aromatic N) is 2. The predicted molar refractivity (Wildman–Crippen MR) is 50.4 cm³/mol. The first kappa shape index (κ1) is 9.67. The Hall–Kier alpha value is -1.42. The van der Waals surface area contributed by atoms with Crippen molar-refractivity contribution >= 4 is 23.2 Å². The van der Waals surface area contributed by atoms with Crippen LogP contribution in [0, 0.1) is 4.91 Å². The van der Waals surface area contributed by atoms with Gasteiger partial charge >= 0.3 is 0 Å². The Bertz CT molecular complexity index is 302. The van der Waals surface area contributed by atoms with Crippen molar-refractivity contribution < 1.29 is 4.79 Å². The van der Waals surface area contributed by atoms with E-state index in [-0.39, 0.29) is 5.88 Å². The highest BCUT2D eigenvalue weighted by molar-refractivity contribution is 6.29. The predicted octanol–water partition coefficient (Wildman–Crippen LogP) is 1.94. The van der Waals surface area contributed by atoms with E-state index in [0.29, 0.717) is 5.69 Å². The molecule has 0 unspecified atom stereocenters. The van der Waals surface area contributed by atoms with E-state index in [4.69, 9.17) is 11.6 Å². The quantitative estimate of drug-likeness (QED) is 0.423. The van der Waals surface area contributed by atoms with Crippen molar-refractivity contribution in [2.75, 3.05) is 10.9 Å². The van der Waals surface area contributed by atoms with Crippen molar-refractivity contribution in [1.82, 2.24) is 0 Å². The third-order valence-electron chi connectivity index (χ3n) is 1.43. The molecule has 0 spiro atoms. The summed E-state index contributed by atoms with van der Waals surface area (Å²) < 4.78 is 0. The number of anilines is 1. The molecule has 1 aromatic carbocycles. The normalized spacial score (nSPS) is 9.31. The third-order valence-corrected chi connectivity index (χ3v) is 1.66. The number of carbonyl (C=O) groups is 1. The maximum Gasteiger partial charge on any atom is 0.264 e. The molecule has 0 aliphatic rings. The molecule has 68 valence electrons. The number of nitroso groups, excluding NO2 is 1. The fourth-order valence-corrected chi connectivity index (χ4v) is 0.976. The van der Waals surface area contributed by atoms with Gasteiger partial charge in [0, 0.05) is 0 Å². The molecule has 1 amide bonds. The fourth-order valence-electron chi connectivity index (χ4n) is 0.862. The van der Waals surface area contributed by atoms with Gasteiger partial charge < -0.3 is 0 Å². The van der Waals surface area contributed by atoms with Crippen LogP contribution < -0.4 is 5.01 Å². The molecule has 0 aliphatic carbocycles. The Morgan fingerprint density at radius 2 is 2.00 bits per heavy atom. The lowest BCUT2D eigenvalue weighted by Gasteiger charge is -2.10. The Kier molecular flexibility index (Phi) is 3.40. The molecular weight excluding hydrogens is 192 g/mol. The van der Waals surface area contributed by atoms with E-state index < -0.39 is 5.91 Å². The highest BCUT2D eigenvalue weighted by atomic mass is 35.5. The number of benzene rings is 1. The van der Waals surface area contributed by atoms with Gasteiger partial charge in [0.25, 0.3) is 5.91 Å². The van der Waals surface area contributed by atoms with Crippen LogP contribution in [-0.2, 0) is 4.79 Å². The van der Waals surface area contributed by atoms with Gasteiger partial charge in [0.2, 0.25) is 0 Å². The van der Waals surface area contributed by atoms with Crippen LogP contribution in [0.15, 0.2) is 35.6 Å². The molecule has 0 bridgehead atoms. The van der Waals surface area contributed by atoms with Gasteiger partial charge in [0.15, 0.2) is 0 Å². The fraction of sp³-hybridized carbons (Fsp3) is 0.125. The van der Waals surface area contributed by atoms with Crippen LogP contribution in [0.3, 0.4) is 0 Å². The molecule has 4 nitrogen and oxygen atoms in total. The van der Waals surface area contributed by atoms with Crippen LogP contribution in [0.2, 0.25) is 0 Å². The van der Waals surface area contributed by atoms with Gasteiger partial charge in [-0.15, -0.1) is 16.5 Å². The van der Waals surface area contributed by atoms with E-state index in [1.54, 1.807) is 30.3 Å². The summed E-state index contributed by atoms with van der Waals surface area (Å²) in [6.45, 7) is 0. The van der Waals surface area contributed by atoms with E-state index in [9.17, 15) is 9.70 Å². The van der Waals surface area contributed by atoms with Gasteiger partial charge in [-0.3, -0.25) is 4.79 Å². The van der Waals surface area contributed by atoms with Gasteiger partial charge in [-0.1, -0.05) is 18.2 Å². The lowest BCUT2D eigenvalue weighted by molar-refractivity contribution is -0.116. The molecular formula is C8H7ClN2O2. The number of para-hydroxylation sites is 1. The zero-order valence-electron chi connectivity index (χ0n) is 6.68. The van der Waals surface area contributed by atoms with Crippen molar-refractivity contribution in [2.45, 2.75) is 0 Å². The topological polar surface area (TPSA) is 49.7 Å². The first-order valence-corrected chi connectivity index (χ1v) is 4.10. The summed E-state index contributed by atoms with van der Waals surface area (Å²) in [6, 6.07) is 8.39. The highest BCUT2D eigenvalue weighted by Crippen LogP contribution is 2.13. The lowest BCUT2D eigenvalue weighted by atomic mass is 10.3. The number of carbonyl (C=O) groups excluding carboxylic acids is 1.